The molecule has 162 valence electrons. The van der Waals surface area contributed by atoms with Gasteiger partial charge in [-0.1, -0.05) is 37.3 Å². The SMILES string of the molecule is CC(=O)Oc1ccc(C(=O)CNC(C)(C)C)cc1OC(C)=O.CCc1ccccc1. The number of Topliss-reactive ketones (excluding diaryl/α,β-unsaturated/α-hetero) is 1. The molecule has 2 rings (SSSR count). The standard InChI is InChI=1S/C16H21NO5.C8H10/c1-10(18)21-14-7-6-12(8-15(14)22-11(2)19)13(20)9-17-16(3,4)5;1-2-8-6-4-3-5-7-8/h6-8,17H,9H2,1-5H3;3-7H,2H2,1H3. The zero-order valence-electron chi connectivity index (χ0n) is 18.6. The molecule has 6 nitrogen and oxygen atoms in total. The molecule has 0 radical (unpaired) electrons. The summed E-state index contributed by atoms with van der Waals surface area (Å²) in [6, 6.07) is 14.8. The topological polar surface area (TPSA) is 81.7 Å². The average Bonchev–Trinajstić information content (AvgIpc) is 2.67. The van der Waals surface area contributed by atoms with Crippen LogP contribution in [0.15, 0.2) is 48.5 Å². The van der Waals surface area contributed by atoms with E-state index in [1.807, 2.05) is 26.8 Å². The molecule has 0 bridgehead atoms. The number of hydrogen-bond donors (Lipinski definition) is 1. The Bertz CT molecular complexity index is 854. The zero-order valence-corrected chi connectivity index (χ0v) is 18.6. The van der Waals surface area contributed by atoms with Crippen molar-refractivity contribution in [3.8, 4) is 11.5 Å². The Kier molecular flexibility index (Phi) is 9.92. The molecular weight excluding hydrogens is 382 g/mol. The normalized spacial score (nSPS) is 10.5. The summed E-state index contributed by atoms with van der Waals surface area (Å²) in [6.45, 7) is 10.6. The van der Waals surface area contributed by atoms with Gasteiger partial charge in [-0.05, 0) is 51.0 Å². The lowest BCUT2D eigenvalue weighted by Gasteiger charge is -2.20. The van der Waals surface area contributed by atoms with Crippen molar-refractivity contribution in [3.63, 3.8) is 0 Å². The minimum atomic E-state index is -0.564. The van der Waals surface area contributed by atoms with E-state index in [0.29, 0.717) is 5.56 Å². The van der Waals surface area contributed by atoms with Crippen LogP contribution in [0.1, 0.15) is 57.5 Å². The number of ketones is 1. The lowest BCUT2D eigenvalue weighted by atomic mass is 10.1. The second-order valence-electron chi connectivity index (χ2n) is 7.71. The van der Waals surface area contributed by atoms with Crippen LogP contribution in [-0.2, 0) is 16.0 Å². The maximum atomic E-state index is 12.2. The van der Waals surface area contributed by atoms with E-state index in [1.54, 1.807) is 0 Å². The van der Waals surface area contributed by atoms with Crippen molar-refractivity contribution in [2.75, 3.05) is 6.54 Å². The fourth-order valence-electron chi connectivity index (χ4n) is 2.32. The molecule has 0 unspecified atom stereocenters. The molecule has 0 aliphatic heterocycles. The highest BCUT2D eigenvalue weighted by Crippen LogP contribution is 2.29. The van der Waals surface area contributed by atoms with Gasteiger partial charge in [0.25, 0.3) is 0 Å². The summed E-state index contributed by atoms with van der Waals surface area (Å²) in [6.07, 6.45) is 1.14. The maximum absolute atomic E-state index is 12.2. The number of aryl methyl sites for hydroxylation is 1. The molecule has 6 heteroatoms. The third-order valence-electron chi connectivity index (χ3n) is 3.80. The molecule has 2 aromatic carbocycles. The first kappa shape index (κ1) is 25.0. The van der Waals surface area contributed by atoms with Crippen LogP contribution >= 0.6 is 0 Å². The summed E-state index contributed by atoms with van der Waals surface area (Å²) in [4.78, 5) is 34.3. The van der Waals surface area contributed by atoms with Gasteiger partial charge in [-0.2, -0.15) is 0 Å². The summed E-state index contributed by atoms with van der Waals surface area (Å²) in [7, 11) is 0. The van der Waals surface area contributed by atoms with Gasteiger partial charge >= 0.3 is 11.9 Å². The number of ether oxygens (including phenoxy) is 2. The highest BCUT2D eigenvalue weighted by atomic mass is 16.6. The van der Waals surface area contributed by atoms with Crippen molar-refractivity contribution in [2.24, 2.45) is 0 Å². The van der Waals surface area contributed by atoms with Gasteiger partial charge in [-0.25, -0.2) is 0 Å². The monoisotopic (exact) mass is 413 g/mol. The minimum absolute atomic E-state index is 0.0457. The summed E-state index contributed by atoms with van der Waals surface area (Å²) < 4.78 is 9.95. The third kappa shape index (κ3) is 9.98. The van der Waals surface area contributed by atoms with E-state index < -0.39 is 11.9 Å². The molecule has 0 aliphatic rings. The van der Waals surface area contributed by atoms with Crippen LogP contribution in [0.5, 0.6) is 11.5 Å². The first-order valence-electron chi connectivity index (χ1n) is 9.85. The van der Waals surface area contributed by atoms with Crippen LogP contribution in [-0.4, -0.2) is 29.8 Å². The first-order valence-corrected chi connectivity index (χ1v) is 9.85. The number of benzene rings is 2. The van der Waals surface area contributed by atoms with E-state index in [9.17, 15) is 14.4 Å². The van der Waals surface area contributed by atoms with Crippen molar-refractivity contribution < 1.29 is 23.9 Å². The Morgan fingerprint density at radius 1 is 0.867 bits per heavy atom. The van der Waals surface area contributed by atoms with Crippen LogP contribution in [0, 0.1) is 0 Å². The molecule has 0 fully saturated rings. The molecule has 0 saturated heterocycles. The molecule has 0 heterocycles. The molecule has 0 spiro atoms. The van der Waals surface area contributed by atoms with E-state index in [-0.39, 0.29) is 29.4 Å². The van der Waals surface area contributed by atoms with Crippen molar-refractivity contribution in [1.82, 2.24) is 5.32 Å². The molecule has 2 aromatic rings. The highest BCUT2D eigenvalue weighted by molar-refractivity contribution is 5.98. The van der Waals surface area contributed by atoms with Crippen LogP contribution < -0.4 is 14.8 Å². The Balaban J connectivity index is 0.000000467. The van der Waals surface area contributed by atoms with Crippen molar-refractivity contribution in [1.29, 1.82) is 0 Å². The van der Waals surface area contributed by atoms with Gasteiger partial charge < -0.3 is 14.8 Å². The second-order valence-corrected chi connectivity index (χ2v) is 7.71. The second kappa shape index (κ2) is 11.9. The molecule has 30 heavy (non-hydrogen) atoms. The molecule has 0 amide bonds. The quantitative estimate of drug-likeness (QED) is 0.431. The van der Waals surface area contributed by atoms with E-state index in [2.05, 4.69) is 36.5 Å². The number of carbonyl (C=O) groups is 3. The molecule has 1 N–H and O–H groups in total. The Morgan fingerprint density at radius 2 is 1.43 bits per heavy atom. The van der Waals surface area contributed by atoms with Gasteiger partial charge in [0, 0.05) is 24.9 Å². The Labute approximate surface area is 178 Å². The predicted octanol–water partition coefficient (Wildman–Crippen LogP) is 4.36. The predicted molar refractivity (Wildman–Crippen MR) is 117 cm³/mol. The Morgan fingerprint density at radius 3 is 1.90 bits per heavy atom. The van der Waals surface area contributed by atoms with E-state index >= 15 is 0 Å². The van der Waals surface area contributed by atoms with Crippen LogP contribution in [0.25, 0.3) is 0 Å². The molecule has 0 aromatic heterocycles. The highest BCUT2D eigenvalue weighted by Gasteiger charge is 2.16. The molecule has 0 saturated carbocycles. The van der Waals surface area contributed by atoms with Crippen LogP contribution in [0.3, 0.4) is 0 Å². The lowest BCUT2D eigenvalue weighted by molar-refractivity contribution is -0.134. The minimum Gasteiger partial charge on any atom is -0.423 e. The Hall–Kier alpha value is -2.99. The number of rotatable bonds is 6. The van der Waals surface area contributed by atoms with Gasteiger partial charge in [-0.3, -0.25) is 14.4 Å². The summed E-state index contributed by atoms with van der Waals surface area (Å²) in [5.74, 6) is -1.11. The first-order chi connectivity index (χ1) is 14.0. The zero-order chi connectivity index (χ0) is 22.7. The van der Waals surface area contributed by atoms with Crippen molar-refractivity contribution in [2.45, 2.75) is 53.5 Å². The van der Waals surface area contributed by atoms with Crippen LogP contribution in [0.2, 0.25) is 0 Å². The molecule has 0 atom stereocenters. The van der Waals surface area contributed by atoms with Gasteiger partial charge in [0.05, 0.1) is 6.54 Å². The summed E-state index contributed by atoms with van der Waals surface area (Å²) in [5.41, 5.74) is 1.59. The summed E-state index contributed by atoms with van der Waals surface area (Å²) in [5, 5.41) is 3.08. The van der Waals surface area contributed by atoms with E-state index in [1.165, 1.54) is 37.6 Å². The largest absolute Gasteiger partial charge is 0.423 e. The van der Waals surface area contributed by atoms with Gasteiger partial charge in [0.1, 0.15) is 0 Å². The lowest BCUT2D eigenvalue weighted by Crippen LogP contribution is -2.39. The van der Waals surface area contributed by atoms with Gasteiger partial charge in [0.15, 0.2) is 17.3 Å². The smallest absolute Gasteiger partial charge is 0.308 e. The fourth-order valence-corrected chi connectivity index (χ4v) is 2.32. The number of carbonyl (C=O) groups excluding carboxylic acids is 3. The van der Waals surface area contributed by atoms with E-state index in [0.717, 1.165) is 6.42 Å². The number of hydrogen-bond acceptors (Lipinski definition) is 6. The van der Waals surface area contributed by atoms with Crippen molar-refractivity contribution >= 4 is 17.7 Å². The van der Waals surface area contributed by atoms with E-state index in [4.69, 9.17) is 9.47 Å². The van der Waals surface area contributed by atoms with Gasteiger partial charge in [-0.15, -0.1) is 0 Å². The van der Waals surface area contributed by atoms with Crippen molar-refractivity contribution in [3.05, 3.63) is 59.7 Å². The summed E-state index contributed by atoms with van der Waals surface area (Å²) >= 11 is 0. The number of esters is 2. The maximum Gasteiger partial charge on any atom is 0.308 e. The van der Waals surface area contributed by atoms with Crippen LogP contribution in [0.4, 0.5) is 0 Å². The average molecular weight is 414 g/mol. The molecule has 0 aliphatic carbocycles. The third-order valence-corrected chi connectivity index (χ3v) is 3.80. The molecular formula is C24H31NO5. The number of nitrogens with one attached hydrogen (secondary N) is 1. The van der Waals surface area contributed by atoms with Gasteiger partial charge in [0.2, 0.25) is 0 Å². The fraction of sp³-hybridized carbons (Fsp3) is 0.375.